The van der Waals surface area contributed by atoms with Gasteiger partial charge in [-0.05, 0) is 49.2 Å². The van der Waals surface area contributed by atoms with E-state index in [4.69, 9.17) is 4.74 Å². The first kappa shape index (κ1) is 15.0. The Hall–Kier alpha value is -1.94. The Morgan fingerprint density at radius 1 is 1.00 bits per heavy atom. The zero-order chi connectivity index (χ0) is 15.4. The summed E-state index contributed by atoms with van der Waals surface area (Å²) in [6.45, 7) is 0. The van der Waals surface area contributed by atoms with E-state index in [1.807, 2.05) is 42.5 Å². The van der Waals surface area contributed by atoms with Crippen LogP contribution in [0.5, 0.6) is 11.5 Å². The fraction of sp³-hybridized carbons (Fsp3) is 0.278. The number of amides is 1. The molecule has 0 aliphatic heterocycles. The van der Waals surface area contributed by atoms with E-state index < -0.39 is 0 Å². The summed E-state index contributed by atoms with van der Waals surface area (Å²) >= 11 is 4.51. The summed E-state index contributed by atoms with van der Waals surface area (Å²) in [5.74, 6) is 1.46. The topological polar surface area (TPSA) is 38.3 Å². The van der Waals surface area contributed by atoms with Crippen molar-refractivity contribution >= 4 is 18.5 Å². The van der Waals surface area contributed by atoms with Gasteiger partial charge in [0.25, 0.3) is 5.91 Å². The molecule has 1 aliphatic carbocycles. The van der Waals surface area contributed by atoms with Crippen LogP contribution in [0, 0.1) is 0 Å². The molecule has 22 heavy (non-hydrogen) atoms. The third-order valence-corrected chi connectivity index (χ3v) is 4.51. The highest BCUT2D eigenvalue weighted by atomic mass is 32.1. The number of ether oxygens (including phenoxy) is 1. The zero-order valence-electron chi connectivity index (χ0n) is 12.2. The highest BCUT2D eigenvalue weighted by molar-refractivity contribution is 7.81. The number of carbonyl (C=O) groups excluding carboxylic acids is 1. The van der Waals surface area contributed by atoms with Crippen molar-refractivity contribution in [3.05, 3.63) is 60.2 Å². The first-order valence-corrected chi connectivity index (χ1v) is 8.06. The summed E-state index contributed by atoms with van der Waals surface area (Å²) in [6, 6.07) is 17.0. The van der Waals surface area contributed by atoms with Crippen LogP contribution in [0.3, 0.4) is 0 Å². The fourth-order valence-electron chi connectivity index (χ4n) is 2.66. The van der Waals surface area contributed by atoms with E-state index in [-0.39, 0.29) is 17.2 Å². The Morgan fingerprint density at radius 2 is 1.68 bits per heavy atom. The minimum Gasteiger partial charge on any atom is -0.457 e. The Balaban J connectivity index is 1.62. The van der Waals surface area contributed by atoms with Crippen LogP contribution < -0.4 is 10.1 Å². The highest BCUT2D eigenvalue weighted by Gasteiger charge is 2.25. The van der Waals surface area contributed by atoms with E-state index in [0.717, 1.165) is 30.8 Å². The average Bonchev–Trinajstić information content (AvgIpc) is 2.94. The molecule has 0 unspecified atom stereocenters. The first-order valence-electron chi connectivity index (χ1n) is 7.54. The second kappa shape index (κ2) is 6.88. The van der Waals surface area contributed by atoms with Gasteiger partial charge in [0.15, 0.2) is 0 Å². The van der Waals surface area contributed by atoms with E-state index in [9.17, 15) is 4.79 Å². The van der Waals surface area contributed by atoms with Crippen molar-refractivity contribution in [1.82, 2.24) is 5.32 Å². The van der Waals surface area contributed by atoms with E-state index in [1.165, 1.54) is 0 Å². The summed E-state index contributed by atoms with van der Waals surface area (Å²) in [5, 5.41) is 3.33. The number of hydrogen-bond donors (Lipinski definition) is 2. The van der Waals surface area contributed by atoms with Crippen LogP contribution in [-0.2, 0) is 0 Å². The van der Waals surface area contributed by atoms with Gasteiger partial charge in [-0.1, -0.05) is 24.6 Å². The Labute approximate surface area is 136 Å². The number of hydrogen-bond acceptors (Lipinski definition) is 3. The lowest BCUT2D eigenvalue weighted by Gasteiger charge is -2.16. The van der Waals surface area contributed by atoms with Crippen molar-refractivity contribution in [1.29, 1.82) is 0 Å². The van der Waals surface area contributed by atoms with Crippen molar-refractivity contribution in [2.75, 3.05) is 0 Å². The lowest BCUT2D eigenvalue weighted by Crippen LogP contribution is -2.37. The minimum absolute atomic E-state index is 0.0442. The molecule has 0 saturated heterocycles. The van der Waals surface area contributed by atoms with Crippen LogP contribution in [0.15, 0.2) is 54.6 Å². The van der Waals surface area contributed by atoms with Gasteiger partial charge in [-0.15, -0.1) is 0 Å². The monoisotopic (exact) mass is 313 g/mol. The average molecular weight is 313 g/mol. The van der Waals surface area contributed by atoms with Gasteiger partial charge in [0.1, 0.15) is 11.5 Å². The number of para-hydroxylation sites is 1. The Kier molecular flexibility index (Phi) is 4.68. The molecule has 0 spiro atoms. The summed E-state index contributed by atoms with van der Waals surface area (Å²) in [7, 11) is 0. The van der Waals surface area contributed by atoms with Crippen LogP contribution in [0.25, 0.3) is 0 Å². The molecule has 0 bridgehead atoms. The van der Waals surface area contributed by atoms with Gasteiger partial charge in [0.2, 0.25) is 0 Å². The summed E-state index contributed by atoms with van der Waals surface area (Å²) < 4.78 is 5.72. The molecule has 4 heteroatoms. The molecule has 1 amide bonds. The van der Waals surface area contributed by atoms with E-state index in [1.54, 1.807) is 12.1 Å². The van der Waals surface area contributed by atoms with Gasteiger partial charge in [-0.25, -0.2) is 0 Å². The zero-order valence-corrected chi connectivity index (χ0v) is 13.1. The maximum Gasteiger partial charge on any atom is 0.251 e. The summed E-state index contributed by atoms with van der Waals surface area (Å²) in [4.78, 5) is 12.2. The second-order valence-electron chi connectivity index (χ2n) is 5.52. The molecule has 3 rings (SSSR count). The molecule has 1 N–H and O–H groups in total. The Morgan fingerprint density at radius 3 is 2.32 bits per heavy atom. The Bertz CT molecular complexity index is 627. The maximum absolute atomic E-state index is 12.2. The van der Waals surface area contributed by atoms with E-state index in [2.05, 4.69) is 17.9 Å². The third kappa shape index (κ3) is 3.63. The molecular weight excluding hydrogens is 294 g/mol. The molecule has 0 heterocycles. The van der Waals surface area contributed by atoms with Gasteiger partial charge < -0.3 is 10.1 Å². The lowest BCUT2D eigenvalue weighted by molar-refractivity contribution is 0.0938. The van der Waals surface area contributed by atoms with Gasteiger partial charge in [0, 0.05) is 16.9 Å². The van der Waals surface area contributed by atoms with Crippen molar-refractivity contribution < 1.29 is 9.53 Å². The largest absolute Gasteiger partial charge is 0.457 e. The molecule has 3 nitrogen and oxygen atoms in total. The van der Waals surface area contributed by atoms with Gasteiger partial charge in [0.05, 0.1) is 0 Å². The van der Waals surface area contributed by atoms with Crippen LogP contribution in [0.2, 0.25) is 0 Å². The molecule has 1 aliphatic rings. The van der Waals surface area contributed by atoms with Crippen LogP contribution in [0.1, 0.15) is 29.6 Å². The molecule has 2 aromatic rings. The normalized spacial score (nSPS) is 20.6. The molecule has 1 saturated carbocycles. The molecule has 2 aromatic carbocycles. The number of rotatable bonds is 4. The maximum atomic E-state index is 12.2. The highest BCUT2D eigenvalue weighted by Crippen LogP contribution is 2.24. The number of benzene rings is 2. The molecule has 114 valence electrons. The van der Waals surface area contributed by atoms with Crippen LogP contribution in [-0.4, -0.2) is 17.2 Å². The van der Waals surface area contributed by atoms with Gasteiger partial charge in [-0.3, -0.25) is 4.79 Å². The van der Waals surface area contributed by atoms with E-state index in [0.29, 0.717) is 5.56 Å². The van der Waals surface area contributed by atoms with Crippen LogP contribution in [0.4, 0.5) is 0 Å². The first-order chi connectivity index (χ1) is 10.7. The predicted octanol–water partition coefficient (Wildman–Crippen LogP) is 4.06. The number of nitrogens with one attached hydrogen (secondary N) is 1. The molecule has 0 aromatic heterocycles. The van der Waals surface area contributed by atoms with Crippen molar-refractivity contribution in [3.8, 4) is 11.5 Å². The van der Waals surface area contributed by atoms with E-state index >= 15 is 0 Å². The van der Waals surface area contributed by atoms with Crippen LogP contribution >= 0.6 is 12.6 Å². The standard InChI is InChI=1S/C18H19NO2S/c20-18(19-16-7-4-8-17(16)22)13-9-11-15(12-10-13)21-14-5-2-1-3-6-14/h1-3,5-6,9-12,16-17,22H,4,7-8H2,(H,19,20)/t16-,17-/m0/s1. The summed E-state index contributed by atoms with van der Waals surface area (Å²) in [6.07, 6.45) is 3.20. The summed E-state index contributed by atoms with van der Waals surface area (Å²) in [5.41, 5.74) is 0.646. The third-order valence-electron chi connectivity index (χ3n) is 3.89. The van der Waals surface area contributed by atoms with Gasteiger partial charge in [-0.2, -0.15) is 12.6 Å². The van der Waals surface area contributed by atoms with Crippen molar-refractivity contribution in [2.24, 2.45) is 0 Å². The molecule has 2 atom stereocenters. The van der Waals surface area contributed by atoms with Crippen molar-refractivity contribution in [3.63, 3.8) is 0 Å². The fourth-order valence-corrected chi connectivity index (χ4v) is 3.07. The SMILES string of the molecule is O=C(N[C@H]1CCC[C@@H]1S)c1ccc(Oc2ccccc2)cc1. The lowest BCUT2D eigenvalue weighted by atomic mass is 10.1. The number of thiol groups is 1. The van der Waals surface area contributed by atoms with Crippen molar-refractivity contribution in [2.45, 2.75) is 30.6 Å². The minimum atomic E-state index is -0.0442. The second-order valence-corrected chi connectivity index (χ2v) is 6.18. The quantitative estimate of drug-likeness (QED) is 0.835. The molecular formula is C18H19NO2S. The smallest absolute Gasteiger partial charge is 0.251 e. The van der Waals surface area contributed by atoms with Gasteiger partial charge >= 0.3 is 0 Å². The molecule has 0 radical (unpaired) electrons. The number of carbonyl (C=O) groups is 1. The molecule has 1 fully saturated rings. The predicted molar refractivity (Wildman–Crippen MR) is 90.8 cm³/mol.